The number of hydrogen-bond donors (Lipinski definition) is 2. The average molecular weight is 237 g/mol. The number of piperazine rings is 1. The first-order chi connectivity index (χ1) is 8.27. The van der Waals surface area contributed by atoms with E-state index in [9.17, 15) is 4.79 Å². The number of carbonyl (C=O) groups is 1. The zero-order valence-electron chi connectivity index (χ0n) is 9.37. The normalized spacial score (nSPS) is 20.0. The van der Waals surface area contributed by atoms with Crippen LogP contribution in [-0.2, 0) is 0 Å². The molecule has 0 saturated carbocycles. The SMILES string of the molecule is O=C(O)N1CCNCC1COc1cccnc1. The lowest BCUT2D eigenvalue weighted by atomic mass is 10.2. The van der Waals surface area contributed by atoms with Crippen LogP contribution in [0.4, 0.5) is 4.79 Å². The van der Waals surface area contributed by atoms with Crippen molar-refractivity contribution in [1.29, 1.82) is 0 Å². The molecule has 1 aliphatic rings. The minimum Gasteiger partial charge on any atom is -0.490 e. The molecule has 1 unspecified atom stereocenters. The Bertz CT molecular complexity index is 371. The molecule has 0 bridgehead atoms. The second-order valence-electron chi connectivity index (χ2n) is 3.83. The second-order valence-corrected chi connectivity index (χ2v) is 3.83. The van der Waals surface area contributed by atoms with Crippen molar-refractivity contribution in [2.24, 2.45) is 0 Å². The Balaban J connectivity index is 1.90. The first-order valence-corrected chi connectivity index (χ1v) is 5.50. The molecule has 0 spiro atoms. The number of hydrogen-bond acceptors (Lipinski definition) is 4. The predicted octanol–water partition coefficient (Wildman–Crippen LogP) is 0.412. The van der Waals surface area contributed by atoms with Crippen LogP contribution in [0.5, 0.6) is 5.75 Å². The minimum absolute atomic E-state index is 0.151. The molecule has 1 fully saturated rings. The molecule has 0 aliphatic carbocycles. The molecule has 0 aromatic carbocycles. The maximum Gasteiger partial charge on any atom is 0.407 e. The van der Waals surface area contributed by atoms with Gasteiger partial charge in [0.1, 0.15) is 12.4 Å². The third-order valence-electron chi connectivity index (χ3n) is 2.67. The van der Waals surface area contributed by atoms with E-state index in [0.717, 1.165) is 0 Å². The van der Waals surface area contributed by atoms with Crippen molar-refractivity contribution in [1.82, 2.24) is 15.2 Å². The third kappa shape index (κ3) is 3.07. The smallest absolute Gasteiger partial charge is 0.407 e. The van der Waals surface area contributed by atoms with Crippen LogP contribution in [0.3, 0.4) is 0 Å². The summed E-state index contributed by atoms with van der Waals surface area (Å²) in [7, 11) is 0. The van der Waals surface area contributed by atoms with E-state index in [1.54, 1.807) is 24.5 Å². The summed E-state index contributed by atoms with van der Waals surface area (Å²) in [5.41, 5.74) is 0. The molecular weight excluding hydrogens is 222 g/mol. The van der Waals surface area contributed by atoms with Crippen LogP contribution >= 0.6 is 0 Å². The summed E-state index contributed by atoms with van der Waals surface area (Å²) in [6.45, 7) is 2.14. The number of amides is 1. The zero-order chi connectivity index (χ0) is 12.1. The number of nitrogens with zero attached hydrogens (tertiary/aromatic N) is 2. The first-order valence-electron chi connectivity index (χ1n) is 5.50. The van der Waals surface area contributed by atoms with Crippen LogP contribution in [-0.4, -0.2) is 53.4 Å². The Hall–Kier alpha value is -1.82. The fraction of sp³-hybridized carbons (Fsp3) is 0.455. The van der Waals surface area contributed by atoms with Crippen molar-refractivity contribution in [2.75, 3.05) is 26.2 Å². The highest BCUT2D eigenvalue weighted by atomic mass is 16.5. The van der Waals surface area contributed by atoms with Crippen molar-refractivity contribution in [2.45, 2.75) is 6.04 Å². The summed E-state index contributed by atoms with van der Waals surface area (Å²) in [5, 5.41) is 12.2. The van der Waals surface area contributed by atoms with Gasteiger partial charge >= 0.3 is 6.09 Å². The van der Waals surface area contributed by atoms with Gasteiger partial charge in [0.25, 0.3) is 0 Å². The van der Waals surface area contributed by atoms with Gasteiger partial charge in [0, 0.05) is 25.8 Å². The van der Waals surface area contributed by atoms with E-state index in [2.05, 4.69) is 10.3 Å². The van der Waals surface area contributed by atoms with Crippen LogP contribution < -0.4 is 10.1 Å². The van der Waals surface area contributed by atoms with Crippen molar-refractivity contribution in [3.8, 4) is 5.75 Å². The van der Waals surface area contributed by atoms with Crippen molar-refractivity contribution < 1.29 is 14.6 Å². The lowest BCUT2D eigenvalue weighted by Gasteiger charge is -2.33. The average Bonchev–Trinajstić information content (AvgIpc) is 2.38. The molecule has 2 rings (SSSR count). The van der Waals surface area contributed by atoms with E-state index in [-0.39, 0.29) is 6.04 Å². The maximum atomic E-state index is 11.0. The first kappa shape index (κ1) is 11.7. The number of aromatic nitrogens is 1. The lowest BCUT2D eigenvalue weighted by molar-refractivity contribution is 0.0902. The van der Waals surface area contributed by atoms with E-state index >= 15 is 0 Å². The molecule has 92 valence electrons. The largest absolute Gasteiger partial charge is 0.490 e. The molecule has 17 heavy (non-hydrogen) atoms. The summed E-state index contributed by atoms with van der Waals surface area (Å²) in [4.78, 5) is 16.3. The molecule has 1 aromatic heterocycles. The number of carboxylic acid groups (broad SMARTS) is 1. The van der Waals surface area contributed by atoms with E-state index in [0.29, 0.717) is 32.0 Å². The van der Waals surface area contributed by atoms with Crippen LogP contribution in [0.1, 0.15) is 0 Å². The summed E-state index contributed by atoms with van der Waals surface area (Å²) in [5.74, 6) is 0.656. The Labute approximate surface area is 99.2 Å². The molecule has 6 heteroatoms. The topological polar surface area (TPSA) is 74.7 Å². The van der Waals surface area contributed by atoms with E-state index in [4.69, 9.17) is 9.84 Å². The van der Waals surface area contributed by atoms with Crippen molar-refractivity contribution in [3.05, 3.63) is 24.5 Å². The highest BCUT2D eigenvalue weighted by Gasteiger charge is 2.26. The van der Waals surface area contributed by atoms with Gasteiger partial charge in [-0.3, -0.25) is 9.88 Å². The quantitative estimate of drug-likeness (QED) is 0.796. The zero-order valence-corrected chi connectivity index (χ0v) is 9.37. The van der Waals surface area contributed by atoms with Gasteiger partial charge in [0.15, 0.2) is 0 Å². The highest BCUT2D eigenvalue weighted by Crippen LogP contribution is 2.10. The fourth-order valence-electron chi connectivity index (χ4n) is 1.79. The highest BCUT2D eigenvalue weighted by molar-refractivity contribution is 5.65. The van der Waals surface area contributed by atoms with Gasteiger partial charge in [0.05, 0.1) is 12.2 Å². The number of nitrogens with one attached hydrogen (secondary N) is 1. The van der Waals surface area contributed by atoms with Crippen LogP contribution in [0.15, 0.2) is 24.5 Å². The Kier molecular flexibility index (Phi) is 3.77. The number of pyridine rings is 1. The monoisotopic (exact) mass is 237 g/mol. The minimum atomic E-state index is -0.897. The molecule has 1 atom stereocenters. The summed E-state index contributed by atoms with van der Waals surface area (Å²) >= 11 is 0. The van der Waals surface area contributed by atoms with Crippen molar-refractivity contribution in [3.63, 3.8) is 0 Å². The third-order valence-corrected chi connectivity index (χ3v) is 2.67. The standard InChI is InChI=1S/C11H15N3O3/c15-11(16)14-5-4-13-6-9(14)8-17-10-2-1-3-12-7-10/h1-3,7,9,13H,4-6,8H2,(H,15,16). The molecule has 1 saturated heterocycles. The molecule has 6 nitrogen and oxygen atoms in total. The second kappa shape index (κ2) is 5.49. The van der Waals surface area contributed by atoms with Gasteiger partial charge in [-0.25, -0.2) is 4.79 Å². The van der Waals surface area contributed by atoms with Gasteiger partial charge in [-0.2, -0.15) is 0 Å². The summed E-state index contributed by atoms with van der Waals surface area (Å²) in [6.07, 6.45) is 2.38. The van der Waals surface area contributed by atoms with Gasteiger partial charge in [0.2, 0.25) is 0 Å². The maximum absolute atomic E-state index is 11.0. The van der Waals surface area contributed by atoms with Crippen molar-refractivity contribution >= 4 is 6.09 Å². The Morgan fingerprint density at radius 1 is 1.71 bits per heavy atom. The van der Waals surface area contributed by atoms with E-state index in [1.807, 2.05) is 0 Å². The number of ether oxygens (including phenoxy) is 1. The van der Waals surface area contributed by atoms with Gasteiger partial charge in [-0.1, -0.05) is 0 Å². The molecule has 1 amide bonds. The molecule has 2 N–H and O–H groups in total. The summed E-state index contributed by atoms with van der Waals surface area (Å²) in [6, 6.07) is 3.43. The van der Waals surface area contributed by atoms with Gasteiger partial charge < -0.3 is 15.2 Å². The molecule has 2 heterocycles. The molecular formula is C11H15N3O3. The predicted molar refractivity (Wildman–Crippen MR) is 61.1 cm³/mol. The van der Waals surface area contributed by atoms with Gasteiger partial charge in [-0.05, 0) is 12.1 Å². The van der Waals surface area contributed by atoms with E-state index in [1.165, 1.54) is 4.90 Å². The molecule has 1 aliphatic heterocycles. The Morgan fingerprint density at radius 3 is 3.29 bits per heavy atom. The fourth-order valence-corrected chi connectivity index (χ4v) is 1.79. The van der Waals surface area contributed by atoms with Gasteiger partial charge in [-0.15, -0.1) is 0 Å². The van der Waals surface area contributed by atoms with E-state index < -0.39 is 6.09 Å². The Morgan fingerprint density at radius 2 is 2.59 bits per heavy atom. The van der Waals surface area contributed by atoms with Crippen LogP contribution in [0.25, 0.3) is 0 Å². The van der Waals surface area contributed by atoms with Crippen LogP contribution in [0.2, 0.25) is 0 Å². The molecule has 0 radical (unpaired) electrons. The number of rotatable bonds is 3. The molecule has 1 aromatic rings. The lowest BCUT2D eigenvalue weighted by Crippen LogP contribution is -2.55. The summed E-state index contributed by atoms with van der Waals surface area (Å²) < 4.78 is 5.52. The van der Waals surface area contributed by atoms with Crippen LogP contribution in [0, 0.1) is 0 Å².